The molecule has 0 fully saturated rings. The van der Waals surface area contributed by atoms with Crippen LogP contribution in [0.25, 0.3) is 0 Å². The normalized spacial score (nSPS) is 12.7. The molecule has 1 atom stereocenters. The van der Waals surface area contributed by atoms with E-state index in [0.29, 0.717) is 0 Å². The highest BCUT2D eigenvalue weighted by Gasteiger charge is 2.31. The second kappa shape index (κ2) is 6.65. The standard InChI is InChI=1S/C11H10ClF4NO3/c1-6(17-10(18)19-5-12)8-4-7(2-3-9(8)13)20-11(14,15)16/h2-4,6H,5H2,1H3,(H,17,18). The molecule has 1 N–H and O–H groups in total. The molecule has 9 heteroatoms. The number of carbonyl (C=O) groups excluding carboxylic acids is 1. The van der Waals surface area contributed by atoms with Crippen LogP contribution in [0.4, 0.5) is 22.4 Å². The van der Waals surface area contributed by atoms with Crippen LogP contribution in [0.5, 0.6) is 5.75 Å². The summed E-state index contributed by atoms with van der Waals surface area (Å²) in [6.07, 6.45) is -5.81. The Hall–Kier alpha value is -1.70. The van der Waals surface area contributed by atoms with Crippen molar-refractivity contribution in [3.8, 4) is 5.75 Å². The van der Waals surface area contributed by atoms with Crippen molar-refractivity contribution >= 4 is 17.7 Å². The first kappa shape index (κ1) is 16.4. The zero-order chi connectivity index (χ0) is 15.3. The Kier molecular flexibility index (Phi) is 5.43. The van der Waals surface area contributed by atoms with Gasteiger partial charge in [-0.3, -0.25) is 0 Å². The van der Waals surface area contributed by atoms with Gasteiger partial charge in [0.15, 0.2) is 6.07 Å². The molecule has 0 aliphatic rings. The Morgan fingerprint density at radius 1 is 1.45 bits per heavy atom. The van der Waals surface area contributed by atoms with Gasteiger partial charge in [-0.05, 0) is 25.1 Å². The fraction of sp³-hybridized carbons (Fsp3) is 0.364. The molecule has 1 rings (SSSR count). The maximum Gasteiger partial charge on any atom is 0.573 e. The number of rotatable bonds is 4. The average Bonchev–Trinajstić information content (AvgIpc) is 2.30. The van der Waals surface area contributed by atoms with Crippen molar-refractivity contribution in [3.05, 3.63) is 29.6 Å². The number of alkyl halides is 4. The summed E-state index contributed by atoms with van der Waals surface area (Å²) in [7, 11) is 0. The van der Waals surface area contributed by atoms with E-state index in [1.807, 2.05) is 0 Å². The van der Waals surface area contributed by atoms with Gasteiger partial charge in [0.1, 0.15) is 11.6 Å². The Labute approximate surface area is 116 Å². The lowest BCUT2D eigenvalue weighted by atomic mass is 10.1. The van der Waals surface area contributed by atoms with E-state index in [-0.39, 0.29) is 5.56 Å². The number of halogens is 5. The monoisotopic (exact) mass is 315 g/mol. The molecule has 0 saturated heterocycles. The molecule has 0 heterocycles. The molecular formula is C11H10ClF4NO3. The van der Waals surface area contributed by atoms with E-state index in [9.17, 15) is 22.4 Å². The van der Waals surface area contributed by atoms with Gasteiger partial charge in [-0.15, -0.1) is 13.2 Å². The highest BCUT2D eigenvalue weighted by atomic mass is 35.5. The third-order valence-electron chi connectivity index (χ3n) is 2.19. The van der Waals surface area contributed by atoms with Gasteiger partial charge >= 0.3 is 12.5 Å². The number of amides is 1. The summed E-state index contributed by atoms with van der Waals surface area (Å²) in [6.45, 7) is 1.37. The minimum absolute atomic E-state index is 0.182. The van der Waals surface area contributed by atoms with Gasteiger partial charge < -0.3 is 14.8 Å². The van der Waals surface area contributed by atoms with E-state index < -0.39 is 36.1 Å². The summed E-state index contributed by atoms with van der Waals surface area (Å²) in [4.78, 5) is 11.1. The maximum atomic E-state index is 13.5. The number of nitrogens with one attached hydrogen (secondary N) is 1. The maximum absolute atomic E-state index is 13.5. The largest absolute Gasteiger partial charge is 0.573 e. The quantitative estimate of drug-likeness (QED) is 0.680. The molecule has 1 aromatic rings. The van der Waals surface area contributed by atoms with Crippen molar-refractivity contribution < 1.29 is 31.8 Å². The number of hydrogen-bond donors (Lipinski definition) is 1. The first-order chi connectivity index (χ1) is 9.23. The zero-order valence-corrected chi connectivity index (χ0v) is 10.9. The van der Waals surface area contributed by atoms with Crippen molar-refractivity contribution in [2.45, 2.75) is 19.3 Å². The van der Waals surface area contributed by atoms with Crippen LogP contribution in [-0.4, -0.2) is 18.5 Å². The summed E-state index contributed by atoms with van der Waals surface area (Å²) in [6, 6.07) is 1.15. The Balaban J connectivity index is 2.87. The van der Waals surface area contributed by atoms with Crippen LogP contribution in [0.15, 0.2) is 18.2 Å². The third-order valence-corrected chi connectivity index (χ3v) is 2.30. The second-order valence-electron chi connectivity index (χ2n) is 3.64. The lowest BCUT2D eigenvalue weighted by Crippen LogP contribution is -2.27. The molecule has 1 aromatic carbocycles. The SMILES string of the molecule is CC(NC(=O)OCCl)c1cc(OC(F)(F)F)ccc1F. The van der Waals surface area contributed by atoms with Gasteiger partial charge in [-0.1, -0.05) is 11.6 Å². The molecule has 112 valence electrons. The molecule has 1 unspecified atom stereocenters. The van der Waals surface area contributed by atoms with Gasteiger partial charge in [-0.2, -0.15) is 0 Å². The Morgan fingerprint density at radius 2 is 2.10 bits per heavy atom. The summed E-state index contributed by atoms with van der Waals surface area (Å²) in [5.74, 6) is -1.38. The number of hydrogen-bond acceptors (Lipinski definition) is 3. The van der Waals surface area contributed by atoms with Gasteiger partial charge in [0.2, 0.25) is 0 Å². The van der Waals surface area contributed by atoms with E-state index >= 15 is 0 Å². The Bertz CT molecular complexity index is 481. The summed E-state index contributed by atoms with van der Waals surface area (Å²) >= 11 is 5.15. The summed E-state index contributed by atoms with van der Waals surface area (Å²) in [5.41, 5.74) is -0.182. The lowest BCUT2D eigenvalue weighted by molar-refractivity contribution is -0.274. The molecule has 0 aliphatic carbocycles. The Morgan fingerprint density at radius 3 is 2.65 bits per heavy atom. The number of ether oxygens (including phenoxy) is 2. The van der Waals surface area contributed by atoms with Crippen LogP contribution in [0.1, 0.15) is 18.5 Å². The van der Waals surface area contributed by atoms with Crippen LogP contribution >= 0.6 is 11.6 Å². The average molecular weight is 316 g/mol. The fourth-order valence-corrected chi connectivity index (χ4v) is 1.50. The van der Waals surface area contributed by atoms with Crippen molar-refractivity contribution in [2.24, 2.45) is 0 Å². The van der Waals surface area contributed by atoms with E-state index in [4.69, 9.17) is 11.6 Å². The highest BCUT2D eigenvalue weighted by Crippen LogP contribution is 2.27. The van der Waals surface area contributed by atoms with Crippen LogP contribution in [0.2, 0.25) is 0 Å². The number of carbonyl (C=O) groups is 1. The van der Waals surface area contributed by atoms with Gasteiger partial charge in [0.25, 0.3) is 0 Å². The molecule has 0 aliphatic heterocycles. The van der Waals surface area contributed by atoms with Crippen LogP contribution in [0.3, 0.4) is 0 Å². The molecular weight excluding hydrogens is 306 g/mol. The first-order valence-corrected chi connectivity index (χ1v) is 5.81. The number of alkyl carbamates (subject to hydrolysis) is 1. The molecule has 0 spiro atoms. The van der Waals surface area contributed by atoms with E-state index in [1.54, 1.807) is 0 Å². The van der Waals surface area contributed by atoms with Crippen molar-refractivity contribution in [3.63, 3.8) is 0 Å². The van der Waals surface area contributed by atoms with E-state index in [1.165, 1.54) is 6.92 Å². The molecule has 0 radical (unpaired) electrons. The minimum atomic E-state index is -4.89. The van der Waals surface area contributed by atoms with E-state index in [0.717, 1.165) is 18.2 Å². The van der Waals surface area contributed by atoms with Crippen molar-refractivity contribution in [1.82, 2.24) is 5.32 Å². The molecule has 1 amide bonds. The van der Waals surface area contributed by atoms with Crippen LogP contribution in [0, 0.1) is 5.82 Å². The molecule has 20 heavy (non-hydrogen) atoms. The van der Waals surface area contributed by atoms with Crippen LogP contribution < -0.4 is 10.1 Å². The topological polar surface area (TPSA) is 47.6 Å². The van der Waals surface area contributed by atoms with Crippen LogP contribution in [-0.2, 0) is 4.74 Å². The summed E-state index contributed by atoms with van der Waals surface area (Å²) < 4.78 is 57.8. The van der Waals surface area contributed by atoms with E-state index in [2.05, 4.69) is 14.8 Å². The third kappa shape index (κ3) is 5.12. The minimum Gasteiger partial charge on any atom is -0.433 e. The molecule has 0 aromatic heterocycles. The molecule has 0 saturated carbocycles. The molecule has 4 nitrogen and oxygen atoms in total. The smallest absolute Gasteiger partial charge is 0.433 e. The fourth-order valence-electron chi connectivity index (χ4n) is 1.40. The highest BCUT2D eigenvalue weighted by molar-refractivity contribution is 6.17. The lowest BCUT2D eigenvalue weighted by Gasteiger charge is -2.16. The summed E-state index contributed by atoms with van der Waals surface area (Å²) in [5, 5.41) is 2.21. The molecule has 0 bridgehead atoms. The zero-order valence-electron chi connectivity index (χ0n) is 10.1. The van der Waals surface area contributed by atoms with Gasteiger partial charge in [0, 0.05) is 5.56 Å². The van der Waals surface area contributed by atoms with Crippen molar-refractivity contribution in [2.75, 3.05) is 6.07 Å². The predicted molar refractivity (Wildman–Crippen MR) is 61.8 cm³/mol. The predicted octanol–water partition coefficient (Wildman–Crippen LogP) is 3.71. The van der Waals surface area contributed by atoms with Crippen molar-refractivity contribution in [1.29, 1.82) is 0 Å². The second-order valence-corrected chi connectivity index (χ2v) is 3.86. The number of benzene rings is 1. The first-order valence-electron chi connectivity index (χ1n) is 5.27. The van der Waals surface area contributed by atoms with Gasteiger partial charge in [-0.25, -0.2) is 9.18 Å². The van der Waals surface area contributed by atoms with Gasteiger partial charge in [0.05, 0.1) is 6.04 Å².